The molecule has 12 nitrogen and oxygen atoms in total. The van der Waals surface area contributed by atoms with E-state index in [0.717, 1.165) is 4.31 Å². The van der Waals surface area contributed by atoms with Crippen molar-refractivity contribution in [1.29, 1.82) is 0 Å². The van der Waals surface area contributed by atoms with Crippen molar-refractivity contribution in [2.75, 3.05) is 11.9 Å². The van der Waals surface area contributed by atoms with Crippen LogP contribution in [0.5, 0.6) is 0 Å². The Hall–Kier alpha value is -3.01. The molecule has 0 radical (unpaired) electrons. The number of carboxylic acid groups (broad SMARTS) is 1. The van der Waals surface area contributed by atoms with Gasteiger partial charge >= 0.3 is 5.97 Å². The number of sulfonamides is 1. The van der Waals surface area contributed by atoms with Crippen LogP contribution in [-0.4, -0.2) is 76.7 Å². The van der Waals surface area contributed by atoms with Crippen LogP contribution in [-0.2, 0) is 35.5 Å². The molecular weight excluding hydrogens is 718 g/mol. The quantitative estimate of drug-likeness (QED) is 0.272. The molecule has 2 aliphatic heterocycles. The largest absolute Gasteiger partial charge is 0.480 e. The monoisotopic (exact) mass is 744 g/mol. The van der Waals surface area contributed by atoms with Crippen molar-refractivity contribution >= 4 is 79.9 Å². The first-order chi connectivity index (χ1) is 21.9. The van der Waals surface area contributed by atoms with Crippen LogP contribution < -0.4 is 10.6 Å². The van der Waals surface area contributed by atoms with Crippen LogP contribution in [0.1, 0.15) is 36.7 Å². The number of hydrogen-bond acceptors (Lipinski definition) is 8. The van der Waals surface area contributed by atoms with Gasteiger partial charge in [0.25, 0.3) is 5.91 Å². The molecule has 2 amide bonds. The van der Waals surface area contributed by atoms with Gasteiger partial charge in [-0.2, -0.15) is 4.31 Å². The molecule has 4 atom stereocenters. The summed E-state index contributed by atoms with van der Waals surface area (Å²) in [5.74, 6) is -3.99. The Bertz CT molecular complexity index is 1820. The van der Waals surface area contributed by atoms with E-state index < -0.39 is 57.4 Å². The number of benzene rings is 2. The lowest BCUT2D eigenvalue weighted by molar-refractivity contribution is -0.170. The van der Waals surface area contributed by atoms with Gasteiger partial charge in [0, 0.05) is 41.1 Å². The summed E-state index contributed by atoms with van der Waals surface area (Å²) in [7, 11) is -4.43. The molecule has 3 aromatic rings. The summed E-state index contributed by atoms with van der Waals surface area (Å²) in [6.45, 7) is 4.36. The molecule has 0 spiro atoms. The zero-order valence-corrected chi connectivity index (χ0v) is 28.8. The standard InChI is InChI=1S/C30H28Cl4N4O8S/c1-29(2)45-23-14-38(47(43,44)19-10-16(31)9-17(32)11-19)30(3,25(23)46-29)28(42)37-22(27(40)41)8-15-4-6-18(7-5-15)36-26(39)24-20(33)12-35-13-21(24)34/h4-7,9-13,22-23,25H,8,14H2,1-3H3,(H,36,39)(H,37,42)(H,40,41)/t22-,23+,25+,30-/m0/s1. The smallest absolute Gasteiger partial charge is 0.326 e. The van der Waals surface area contributed by atoms with Gasteiger partial charge < -0.3 is 25.2 Å². The summed E-state index contributed by atoms with van der Waals surface area (Å²) < 4.78 is 40.8. The Morgan fingerprint density at radius 2 is 1.60 bits per heavy atom. The lowest BCUT2D eigenvalue weighted by atomic mass is 9.93. The summed E-state index contributed by atoms with van der Waals surface area (Å²) in [5, 5.41) is 15.5. The highest BCUT2D eigenvalue weighted by atomic mass is 35.5. The van der Waals surface area contributed by atoms with Crippen molar-refractivity contribution in [3.63, 3.8) is 0 Å². The Morgan fingerprint density at radius 1 is 1.00 bits per heavy atom. The third-order valence-corrected chi connectivity index (χ3v) is 10.8. The zero-order valence-electron chi connectivity index (χ0n) is 25.0. The first-order valence-electron chi connectivity index (χ1n) is 14.0. The van der Waals surface area contributed by atoms with E-state index in [1.54, 1.807) is 26.0 Å². The minimum atomic E-state index is -4.43. The lowest BCUT2D eigenvalue weighted by Crippen LogP contribution is -2.63. The maximum absolute atomic E-state index is 14.1. The molecular formula is C30H28Cl4N4O8S. The Kier molecular flexibility index (Phi) is 9.86. The van der Waals surface area contributed by atoms with Crippen molar-refractivity contribution in [1.82, 2.24) is 14.6 Å². The Labute approximate surface area is 290 Å². The fourth-order valence-electron chi connectivity index (χ4n) is 5.62. The predicted molar refractivity (Wildman–Crippen MR) is 175 cm³/mol. The number of amides is 2. The highest BCUT2D eigenvalue weighted by Crippen LogP contribution is 2.45. The highest BCUT2D eigenvalue weighted by Gasteiger charge is 2.66. The van der Waals surface area contributed by atoms with Gasteiger partial charge in [-0.15, -0.1) is 0 Å². The van der Waals surface area contributed by atoms with Crippen LogP contribution in [0.4, 0.5) is 5.69 Å². The van der Waals surface area contributed by atoms with E-state index >= 15 is 0 Å². The number of ether oxygens (including phenoxy) is 2. The molecule has 3 N–H and O–H groups in total. The van der Waals surface area contributed by atoms with Gasteiger partial charge in [-0.3, -0.25) is 14.6 Å². The summed E-state index contributed by atoms with van der Waals surface area (Å²) in [6.07, 6.45) is 0.467. The second-order valence-corrected chi connectivity index (χ2v) is 15.1. The van der Waals surface area contributed by atoms with Crippen molar-refractivity contribution in [2.24, 2.45) is 0 Å². The van der Waals surface area contributed by atoms with Crippen LogP contribution in [0.2, 0.25) is 20.1 Å². The number of aliphatic carboxylic acids is 1. The van der Waals surface area contributed by atoms with E-state index in [9.17, 15) is 27.9 Å². The molecule has 5 rings (SSSR count). The molecule has 17 heteroatoms. The summed E-state index contributed by atoms with van der Waals surface area (Å²) in [4.78, 5) is 42.7. The van der Waals surface area contributed by atoms with E-state index in [1.807, 2.05) is 0 Å². The van der Waals surface area contributed by atoms with Crippen molar-refractivity contribution in [3.05, 3.63) is 86.1 Å². The number of aromatic nitrogens is 1. The van der Waals surface area contributed by atoms with E-state index in [1.165, 1.54) is 49.6 Å². The van der Waals surface area contributed by atoms with Crippen molar-refractivity contribution in [3.8, 4) is 0 Å². The summed E-state index contributed by atoms with van der Waals surface area (Å²) >= 11 is 24.3. The number of carbonyl (C=O) groups excluding carboxylic acids is 2. The Morgan fingerprint density at radius 3 is 2.17 bits per heavy atom. The fourth-order valence-corrected chi connectivity index (χ4v) is 8.65. The molecule has 0 saturated carbocycles. The number of hydrogen-bond donors (Lipinski definition) is 3. The van der Waals surface area contributed by atoms with Gasteiger partial charge in [0.15, 0.2) is 5.79 Å². The topological polar surface area (TPSA) is 164 Å². The second-order valence-electron chi connectivity index (χ2n) is 11.6. The number of carboxylic acids is 1. The maximum atomic E-state index is 14.1. The number of carbonyl (C=O) groups is 3. The molecule has 47 heavy (non-hydrogen) atoms. The normalized spacial score (nSPS) is 22.8. The average molecular weight is 746 g/mol. The minimum absolute atomic E-state index is 0.0401. The molecule has 250 valence electrons. The molecule has 2 saturated heterocycles. The van der Waals surface area contributed by atoms with E-state index in [-0.39, 0.29) is 43.5 Å². The molecule has 1 aromatic heterocycles. The first-order valence-corrected chi connectivity index (χ1v) is 16.9. The summed E-state index contributed by atoms with van der Waals surface area (Å²) in [5.41, 5.74) is -1.04. The molecule has 2 aromatic carbocycles. The number of anilines is 1. The number of halogens is 4. The van der Waals surface area contributed by atoms with E-state index in [4.69, 9.17) is 55.9 Å². The second kappa shape index (κ2) is 13.1. The predicted octanol–water partition coefficient (Wildman–Crippen LogP) is 5.04. The van der Waals surface area contributed by atoms with Crippen LogP contribution in [0, 0.1) is 0 Å². The van der Waals surface area contributed by atoms with Gasteiger partial charge in [0.05, 0.1) is 20.5 Å². The molecule has 0 unspecified atom stereocenters. The number of fused-ring (bicyclic) bond motifs is 1. The van der Waals surface area contributed by atoms with E-state index in [2.05, 4.69) is 15.6 Å². The van der Waals surface area contributed by atoms with Gasteiger partial charge in [-0.1, -0.05) is 58.5 Å². The first kappa shape index (κ1) is 35.3. The van der Waals surface area contributed by atoms with Crippen LogP contribution in [0.3, 0.4) is 0 Å². The number of nitrogens with zero attached hydrogens (tertiary/aromatic N) is 2. The molecule has 2 aliphatic rings. The van der Waals surface area contributed by atoms with Gasteiger partial charge in [-0.25, -0.2) is 13.2 Å². The molecule has 2 fully saturated rings. The molecule has 0 bridgehead atoms. The SMILES string of the molecule is CC1(C)O[C@@H]2[C@@H](CN(S(=O)(=O)c3cc(Cl)cc(Cl)c3)[C@]2(C)C(=O)N[C@@H](Cc2ccc(NC(=O)c3c(Cl)cncc3Cl)cc2)C(=O)O)O1. The van der Waals surface area contributed by atoms with Crippen LogP contribution in [0.15, 0.2) is 59.8 Å². The minimum Gasteiger partial charge on any atom is -0.480 e. The van der Waals surface area contributed by atoms with Crippen LogP contribution in [0.25, 0.3) is 0 Å². The van der Waals surface area contributed by atoms with Gasteiger partial charge in [0.2, 0.25) is 15.9 Å². The molecule has 3 heterocycles. The van der Waals surface area contributed by atoms with Crippen molar-refractivity contribution in [2.45, 2.75) is 61.7 Å². The average Bonchev–Trinajstić information content (AvgIpc) is 3.43. The van der Waals surface area contributed by atoms with Gasteiger partial charge in [-0.05, 0) is 56.7 Å². The Balaban J connectivity index is 1.38. The highest BCUT2D eigenvalue weighted by molar-refractivity contribution is 7.89. The number of pyridine rings is 1. The van der Waals surface area contributed by atoms with Gasteiger partial charge in [0.1, 0.15) is 23.8 Å². The fraction of sp³-hybridized carbons (Fsp3) is 0.333. The van der Waals surface area contributed by atoms with Crippen molar-refractivity contribution < 1.29 is 37.4 Å². The molecule has 0 aliphatic carbocycles. The maximum Gasteiger partial charge on any atom is 0.326 e. The third kappa shape index (κ3) is 7.08. The number of nitrogens with one attached hydrogen (secondary N) is 2. The van der Waals surface area contributed by atoms with E-state index in [0.29, 0.717) is 11.3 Å². The summed E-state index contributed by atoms with van der Waals surface area (Å²) in [6, 6.07) is 8.50. The lowest BCUT2D eigenvalue weighted by Gasteiger charge is -2.37. The third-order valence-electron chi connectivity index (χ3n) is 7.82. The van der Waals surface area contributed by atoms with Crippen LogP contribution >= 0.6 is 46.4 Å². The number of rotatable bonds is 9. The zero-order chi connectivity index (χ0) is 34.5.